The summed E-state index contributed by atoms with van der Waals surface area (Å²) < 4.78 is 4.74. The number of hydrogen-bond donors (Lipinski definition) is 0. The number of anilines is 1. The molecule has 0 N–H and O–H groups in total. The molecular formula is C17H22N2O3. The first-order valence-electron chi connectivity index (χ1n) is 7.87. The molecule has 2 heterocycles. The van der Waals surface area contributed by atoms with E-state index in [1.54, 1.807) is 4.90 Å². The molecule has 0 saturated carbocycles. The lowest BCUT2D eigenvalue weighted by atomic mass is 10.1. The normalized spacial score (nSPS) is 22.3. The Morgan fingerprint density at radius 1 is 1.23 bits per heavy atom. The zero-order valence-electron chi connectivity index (χ0n) is 13.0. The number of methoxy groups -OCH3 is 1. The minimum Gasteiger partial charge on any atom is -0.469 e. The summed E-state index contributed by atoms with van der Waals surface area (Å²) >= 11 is 0. The number of benzene rings is 1. The first-order chi connectivity index (χ1) is 10.7. The molecule has 5 nitrogen and oxygen atoms in total. The fourth-order valence-electron chi connectivity index (χ4n) is 3.26. The van der Waals surface area contributed by atoms with E-state index in [1.807, 2.05) is 12.1 Å². The van der Waals surface area contributed by atoms with Crippen molar-refractivity contribution in [3.8, 4) is 0 Å². The minimum absolute atomic E-state index is 0.0114. The fourth-order valence-corrected chi connectivity index (χ4v) is 3.26. The van der Waals surface area contributed by atoms with Gasteiger partial charge in [-0.3, -0.25) is 14.5 Å². The van der Waals surface area contributed by atoms with E-state index < -0.39 is 0 Å². The molecule has 2 fully saturated rings. The maximum absolute atomic E-state index is 12.1. The summed E-state index contributed by atoms with van der Waals surface area (Å²) in [4.78, 5) is 27.8. The highest BCUT2D eigenvalue weighted by Gasteiger charge is 2.35. The van der Waals surface area contributed by atoms with Crippen molar-refractivity contribution >= 4 is 17.6 Å². The number of carbonyl (C=O) groups excluding carboxylic acids is 2. The standard InChI is InChI=1S/C17H22N2O3/c1-22-17(21)14-10-16(20)19(12-14)15-6-4-13(5-7-15)11-18-8-2-3-9-18/h4-7,14H,2-3,8-12H2,1H3. The van der Waals surface area contributed by atoms with Crippen LogP contribution in [0.5, 0.6) is 0 Å². The molecule has 1 amide bonds. The first kappa shape index (κ1) is 15.0. The molecule has 5 heteroatoms. The third kappa shape index (κ3) is 3.14. The maximum atomic E-state index is 12.1. The molecule has 1 atom stereocenters. The third-order valence-electron chi connectivity index (χ3n) is 4.51. The van der Waals surface area contributed by atoms with Crippen LogP contribution < -0.4 is 4.90 Å². The van der Waals surface area contributed by atoms with Crippen LogP contribution in [0.15, 0.2) is 24.3 Å². The number of esters is 1. The van der Waals surface area contributed by atoms with Crippen molar-refractivity contribution in [2.45, 2.75) is 25.8 Å². The van der Waals surface area contributed by atoms with E-state index in [-0.39, 0.29) is 24.2 Å². The van der Waals surface area contributed by atoms with Crippen molar-refractivity contribution in [2.24, 2.45) is 5.92 Å². The lowest BCUT2D eigenvalue weighted by Gasteiger charge is -2.18. The van der Waals surface area contributed by atoms with Crippen molar-refractivity contribution in [1.82, 2.24) is 4.90 Å². The van der Waals surface area contributed by atoms with E-state index in [4.69, 9.17) is 4.74 Å². The van der Waals surface area contributed by atoms with Crippen LogP contribution in [0.2, 0.25) is 0 Å². The zero-order chi connectivity index (χ0) is 15.5. The van der Waals surface area contributed by atoms with Crippen LogP contribution in [-0.2, 0) is 20.9 Å². The van der Waals surface area contributed by atoms with Crippen LogP contribution in [0.1, 0.15) is 24.8 Å². The molecule has 0 aromatic heterocycles. The molecule has 0 radical (unpaired) electrons. The molecule has 0 aliphatic carbocycles. The van der Waals surface area contributed by atoms with E-state index in [2.05, 4.69) is 17.0 Å². The summed E-state index contributed by atoms with van der Waals surface area (Å²) in [7, 11) is 1.36. The lowest BCUT2D eigenvalue weighted by Crippen LogP contribution is -2.26. The van der Waals surface area contributed by atoms with Gasteiger partial charge in [0.1, 0.15) is 0 Å². The van der Waals surface area contributed by atoms with Gasteiger partial charge in [-0.2, -0.15) is 0 Å². The average molecular weight is 302 g/mol. The number of amides is 1. The molecule has 2 aliphatic heterocycles. The molecule has 1 unspecified atom stereocenters. The number of carbonyl (C=O) groups is 2. The van der Waals surface area contributed by atoms with Gasteiger partial charge in [0.2, 0.25) is 5.91 Å². The van der Waals surface area contributed by atoms with E-state index >= 15 is 0 Å². The first-order valence-corrected chi connectivity index (χ1v) is 7.87. The molecule has 118 valence electrons. The molecule has 3 rings (SSSR count). The van der Waals surface area contributed by atoms with Gasteiger partial charge >= 0.3 is 5.97 Å². The molecule has 1 aromatic rings. The van der Waals surface area contributed by atoms with Crippen LogP contribution in [0.4, 0.5) is 5.69 Å². The third-order valence-corrected chi connectivity index (χ3v) is 4.51. The van der Waals surface area contributed by atoms with Crippen molar-refractivity contribution in [3.63, 3.8) is 0 Å². The van der Waals surface area contributed by atoms with E-state index in [0.29, 0.717) is 6.54 Å². The van der Waals surface area contributed by atoms with Gasteiger partial charge in [-0.05, 0) is 43.6 Å². The van der Waals surface area contributed by atoms with Gasteiger partial charge in [-0.15, -0.1) is 0 Å². The highest BCUT2D eigenvalue weighted by atomic mass is 16.5. The number of rotatable bonds is 4. The summed E-state index contributed by atoms with van der Waals surface area (Å²) in [6.07, 6.45) is 2.81. The number of hydrogen-bond acceptors (Lipinski definition) is 4. The molecule has 0 bridgehead atoms. The Labute approximate surface area is 130 Å². The van der Waals surface area contributed by atoms with Crippen LogP contribution in [0, 0.1) is 5.92 Å². The van der Waals surface area contributed by atoms with E-state index in [9.17, 15) is 9.59 Å². The zero-order valence-corrected chi connectivity index (χ0v) is 13.0. The minimum atomic E-state index is -0.346. The van der Waals surface area contributed by atoms with Gasteiger partial charge in [-0.1, -0.05) is 12.1 Å². The van der Waals surface area contributed by atoms with Crippen molar-refractivity contribution in [3.05, 3.63) is 29.8 Å². The van der Waals surface area contributed by atoms with Crippen LogP contribution in [0.3, 0.4) is 0 Å². The highest BCUT2D eigenvalue weighted by molar-refractivity contribution is 5.99. The maximum Gasteiger partial charge on any atom is 0.311 e. The SMILES string of the molecule is COC(=O)C1CC(=O)N(c2ccc(CN3CCCC3)cc2)C1. The van der Waals surface area contributed by atoms with Gasteiger partial charge in [0.05, 0.1) is 13.0 Å². The summed E-state index contributed by atoms with van der Waals surface area (Å²) in [5, 5.41) is 0. The molecule has 2 aliphatic rings. The van der Waals surface area contributed by atoms with Gasteiger partial charge < -0.3 is 9.64 Å². The van der Waals surface area contributed by atoms with Gasteiger partial charge in [0.25, 0.3) is 0 Å². The smallest absolute Gasteiger partial charge is 0.311 e. The Morgan fingerprint density at radius 3 is 2.55 bits per heavy atom. The van der Waals surface area contributed by atoms with Gasteiger partial charge in [-0.25, -0.2) is 0 Å². The molecular weight excluding hydrogens is 280 g/mol. The summed E-state index contributed by atoms with van der Waals surface area (Å²) in [5.41, 5.74) is 2.13. The quantitative estimate of drug-likeness (QED) is 0.796. The monoisotopic (exact) mass is 302 g/mol. The molecule has 2 saturated heterocycles. The Hall–Kier alpha value is -1.88. The summed E-state index contributed by atoms with van der Waals surface area (Å²) in [5.74, 6) is -0.661. The number of likely N-dealkylation sites (tertiary alicyclic amines) is 1. The molecule has 0 spiro atoms. The van der Waals surface area contributed by atoms with E-state index in [1.165, 1.54) is 38.6 Å². The molecule has 1 aromatic carbocycles. The Bertz CT molecular complexity index is 550. The Balaban J connectivity index is 1.65. The van der Waals surface area contributed by atoms with Crippen molar-refractivity contribution < 1.29 is 14.3 Å². The second-order valence-electron chi connectivity index (χ2n) is 6.08. The predicted molar refractivity (Wildman–Crippen MR) is 83.4 cm³/mol. The van der Waals surface area contributed by atoms with Crippen molar-refractivity contribution in [1.29, 1.82) is 0 Å². The van der Waals surface area contributed by atoms with Crippen molar-refractivity contribution in [2.75, 3.05) is 31.6 Å². The van der Waals surface area contributed by atoms with Crippen LogP contribution in [0.25, 0.3) is 0 Å². The Kier molecular flexibility index (Phi) is 4.43. The second kappa shape index (κ2) is 6.48. The fraction of sp³-hybridized carbons (Fsp3) is 0.529. The lowest BCUT2D eigenvalue weighted by molar-refractivity contribution is -0.145. The predicted octanol–water partition coefficient (Wildman–Crippen LogP) is 1.81. The Morgan fingerprint density at radius 2 is 1.91 bits per heavy atom. The summed E-state index contributed by atoms with van der Waals surface area (Å²) in [6, 6.07) is 8.10. The van der Waals surface area contributed by atoms with Gasteiger partial charge in [0.15, 0.2) is 0 Å². The van der Waals surface area contributed by atoms with Gasteiger partial charge in [0, 0.05) is 25.2 Å². The summed E-state index contributed by atoms with van der Waals surface area (Å²) in [6.45, 7) is 3.73. The average Bonchev–Trinajstić information content (AvgIpc) is 3.17. The topological polar surface area (TPSA) is 49.9 Å². The second-order valence-corrected chi connectivity index (χ2v) is 6.08. The largest absolute Gasteiger partial charge is 0.469 e. The van der Waals surface area contributed by atoms with Crippen LogP contribution in [-0.4, -0.2) is 43.5 Å². The highest BCUT2D eigenvalue weighted by Crippen LogP contribution is 2.26. The van der Waals surface area contributed by atoms with E-state index in [0.717, 1.165) is 12.2 Å². The number of nitrogens with zero attached hydrogens (tertiary/aromatic N) is 2. The number of ether oxygens (including phenoxy) is 1. The molecule has 22 heavy (non-hydrogen) atoms. The van der Waals surface area contributed by atoms with Crippen LogP contribution >= 0.6 is 0 Å².